The average molecular weight is 453 g/mol. The second kappa shape index (κ2) is 9.16. The van der Waals surface area contributed by atoms with Gasteiger partial charge in [0.15, 0.2) is 0 Å². The summed E-state index contributed by atoms with van der Waals surface area (Å²) in [6.07, 6.45) is 4.47. The highest BCUT2D eigenvalue weighted by Gasteiger charge is 2.34. The number of carbonyl (C=O) groups is 2. The van der Waals surface area contributed by atoms with Crippen LogP contribution in [0, 0.1) is 0 Å². The third-order valence-electron chi connectivity index (χ3n) is 5.56. The van der Waals surface area contributed by atoms with Crippen LogP contribution < -0.4 is 5.32 Å². The van der Waals surface area contributed by atoms with E-state index in [-0.39, 0.29) is 25.1 Å². The maximum atomic E-state index is 12.6. The van der Waals surface area contributed by atoms with Gasteiger partial charge in [0, 0.05) is 19.5 Å². The van der Waals surface area contributed by atoms with Gasteiger partial charge < -0.3 is 15.0 Å². The first-order chi connectivity index (χ1) is 14.4. The van der Waals surface area contributed by atoms with Gasteiger partial charge in [0.2, 0.25) is 5.91 Å². The van der Waals surface area contributed by atoms with E-state index in [0.29, 0.717) is 19.4 Å². The van der Waals surface area contributed by atoms with Crippen LogP contribution in [0.25, 0.3) is 0 Å². The van der Waals surface area contributed by atoms with E-state index >= 15 is 0 Å². The van der Waals surface area contributed by atoms with Crippen LogP contribution in [0.15, 0.2) is 12.1 Å². The summed E-state index contributed by atoms with van der Waals surface area (Å²) >= 11 is 0. The van der Waals surface area contributed by atoms with Crippen molar-refractivity contribution in [3.8, 4) is 0 Å². The summed E-state index contributed by atoms with van der Waals surface area (Å²) in [5.74, 6) is 0.0199. The molecule has 8 nitrogen and oxygen atoms in total. The summed E-state index contributed by atoms with van der Waals surface area (Å²) in [5.41, 5.74) is 3.60. The average Bonchev–Trinajstić information content (AvgIpc) is 3.24. The molecule has 3 rings (SSSR count). The summed E-state index contributed by atoms with van der Waals surface area (Å²) in [6, 6.07) is 3.92. The molecule has 172 valence electrons. The molecule has 0 unspecified atom stereocenters. The number of carbonyl (C=O) groups excluding carboxylic acids is 2. The fourth-order valence-corrected chi connectivity index (χ4v) is 4.67. The molecule has 0 saturated carbocycles. The van der Waals surface area contributed by atoms with Crippen molar-refractivity contribution >= 4 is 22.1 Å². The van der Waals surface area contributed by atoms with E-state index in [4.69, 9.17) is 8.92 Å². The Morgan fingerprint density at radius 3 is 2.65 bits per heavy atom. The largest absolute Gasteiger partial charge is 0.444 e. The molecule has 0 radical (unpaired) electrons. The van der Waals surface area contributed by atoms with Gasteiger partial charge in [-0.1, -0.05) is 12.1 Å². The van der Waals surface area contributed by atoms with Crippen LogP contribution in [-0.2, 0) is 43.3 Å². The highest BCUT2D eigenvalue weighted by atomic mass is 32.2. The summed E-state index contributed by atoms with van der Waals surface area (Å²) in [7, 11) is -3.59. The maximum Gasteiger partial charge on any atom is 0.407 e. The van der Waals surface area contributed by atoms with Gasteiger partial charge in [0.1, 0.15) is 5.60 Å². The van der Waals surface area contributed by atoms with E-state index in [1.54, 1.807) is 25.7 Å². The number of amides is 2. The number of benzene rings is 1. The lowest BCUT2D eigenvalue weighted by Crippen LogP contribution is -2.39. The number of hydrogen-bond donors (Lipinski definition) is 1. The zero-order chi connectivity index (χ0) is 22.8. The Labute approximate surface area is 184 Å². The molecule has 1 aromatic carbocycles. The van der Waals surface area contributed by atoms with Crippen LogP contribution >= 0.6 is 0 Å². The highest BCUT2D eigenvalue weighted by Crippen LogP contribution is 2.38. The number of nitrogens with zero attached hydrogens (tertiary/aromatic N) is 1. The van der Waals surface area contributed by atoms with Gasteiger partial charge in [-0.05, 0) is 68.7 Å². The van der Waals surface area contributed by atoms with Gasteiger partial charge >= 0.3 is 6.09 Å². The van der Waals surface area contributed by atoms with Crippen LogP contribution in [0.1, 0.15) is 68.3 Å². The molecule has 1 N–H and O–H groups in total. The van der Waals surface area contributed by atoms with Gasteiger partial charge in [0.25, 0.3) is 10.1 Å². The standard InChI is InChI=1S/C22H32N2O6S/c1-22(2,3)30-21(26)23-12-13-24-19(10-11-20(24)25)17-9-8-15-6-5-7-16(15)18(17)14-29-31(4,27)28/h8-9,19H,5-7,10-14H2,1-4H3,(H,23,26)/t19-/m1/s1. The Kier molecular flexibility index (Phi) is 6.95. The molecule has 1 aliphatic heterocycles. The number of fused-ring (bicyclic) bond motifs is 1. The predicted molar refractivity (Wildman–Crippen MR) is 116 cm³/mol. The Hall–Kier alpha value is -2.13. The first-order valence-corrected chi connectivity index (χ1v) is 12.5. The number of hydrogen-bond acceptors (Lipinski definition) is 6. The Morgan fingerprint density at radius 2 is 1.97 bits per heavy atom. The summed E-state index contributed by atoms with van der Waals surface area (Å²) in [5, 5.41) is 2.70. The van der Waals surface area contributed by atoms with E-state index in [1.807, 2.05) is 6.07 Å². The van der Waals surface area contributed by atoms with E-state index in [1.165, 1.54) is 5.56 Å². The summed E-state index contributed by atoms with van der Waals surface area (Å²) in [6.45, 7) is 5.98. The lowest BCUT2D eigenvalue weighted by molar-refractivity contribution is -0.129. The van der Waals surface area contributed by atoms with Crippen molar-refractivity contribution in [2.45, 2.75) is 71.1 Å². The molecule has 2 aliphatic rings. The second-order valence-corrected chi connectivity index (χ2v) is 10.8. The molecular formula is C22H32N2O6S. The minimum atomic E-state index is -3.59. The van der Waals surface area contributed by atoms with Crippen molar-refractivity contribution in [1.82, 2.24) is 10.2 Å². The smallest absolute Gasteiger partial charge is 0.407 e. The van der Waals surface area contributed by atoms with Crippen molar-refractivity contribution in [2.75, 3.05) is 19.3 Å². The number of rotatable bonds is 7. The molecule has 31 heavy (non-hydrogen) atoms. The number of likely N-dealkylation sites (tertiary alicyclic amines) is 1. The summed E-state index contributed by atoms with van der Waals surface area (Å²) < 4.78 is 33.6. The zero-order valence-corrected chi connectivity index (χ0v) is 19.5. The Morgan fingerprint density at radius 1 is 1.23 bits per heavy atom. The van der Waals surface area contributed by atoms with Crippen LogP contribution in [0.5, 0.6) is 0 Å². The number of aryl methyl sites for hydroxylation is 1. The van der Waals surface area contributed by atoms with Crippen molar-refractivity contribution in [3.05, 3.63) is 34.4 Å². The third kappa shape index (κ3) is 6.20. The molecule has 1 fully saturated rings. The van der Waals surface area contributed by atoms with Crippen LogP contribution in [0.4, 0.5) is 4.79 Å². The first kappa shape index (κ1) is 23.5. The molecule has 1 heterocycles. The zero-order valence-electron chi connectivity index (χ0n) is 18.7. The molecular weight excluding hydrogens is 420 g/mol. The predicted octanol–water partition coefficient (Wildman–Crippen LogP) is 2.84. The van der Waals surface area contributed by atoms with Crippen LogP contribution in [-0.4, -0.2) is 50.3 Å². The molecule has 0 bridgehead atoms. The molecule has 1 atom stereocenters. The normalized spacial score (nSPS) is 18.9. The van der Waals surface area contributed by atoms with Crippen molar-refractivity contribution in [1.29, 1.82) is 0 Å². The van der Waals surface area contributed by atoms with E-state index < -0.39 is 21.8 Å². The van der Waals surface area contributed by atoms with Crippen molar-refractivity contribution < 1.29 is 26.9 Å². The fraction of sp³-hybridized carbons (Fsp3) is 0.636. The Balaban J connectivity index is 1.77. The number of alkyl carbamates (subject to hydrolysis) is 1. The molecule has 0 aromatic heterocycles. The van der Waals surface area contributed by atoms with Gasteiger partial charge in [-0.15, -0.1) is 0 Å². The molecule has 9 heteroatoms. The molecule has 0 spiro atoms. The quantitative estimate of drug-likeness (QED) is 0.639. The van der Waals surface area contributed by atoms with Gasteiger partial charge in [-0.25, -0.2) is 4.79 Å². The van der Waals surface area contributed by atoms with E-state index in [2.05, 4.69) is 11.4 Å². The SMILES string of the molecule is CC(C)(C)OC(=O)NCCN1C(=O)CC[C@@H]1c1ccc2c(c1COS(C)(=O)=O)CCC2. The lowest BCUT2D eigenvalue weighted by Gasteiger charge is -2.28. The van der Waals surface area contributed by atoms with E-state index in [9.17, 15) is 18.0 Å². The van der Waals surface area contributed by atoms with Crippen LogP contribution in [0.2, 0.25) is 0 Å². The van der Waals surface area contributed by atoms with E-state index in [0.717, 1.165) is 42.2 Å². The summed E-state index contributed by atoms with van der Waals surface area (Å²) in [4.78, 5) is 26.3. The minimum Gasteiger partial charge on any atom is -0.444 e. The van der Waals surface area contributed by atoms with Crippen molar-refractivity contribution in [3.63, 3.8) is 0 Å². The second-order valence-electron chi connectivity index (χ2n) is 9.16. The molecule has 1 aliphatic carbocycles. The van der Waals surface area contributed by atoms with Gasteiger partial charge in [-0.3, -0.25) is 8.98 Å². The molecule has 1 saturated heterocycles. The fourth-order valence-electron chi connectivity index (χ4n) is 4.34. The lowest BCUT2D eigenvalue weighted by atomic mass is 9.92. The first-order valence-electron chi connectivity index (χ1n) is 10.7. The Bertz CT molecular complexity index is 951. The topological polar surface area (TPSA) is 102 Å². The maximum absolute atomic E-state index is 12.6. The van der Waals surface area contributed by atoms with Crippen molar-refractivity contribution in [2.24, 2.45) is 0 Å². The van der Waals surface area contributed by atoms with Gasteiger partial charge in [-0.2, -0.15) is 8.42 Å². The third-order valence-corrected chi connectivity index (χ3v) is 6.11. The van der Waals surface area contributed by atoms with Crippen LogP contribution in [0.3, 0.4) is 0 Å². The van der Waals surface area contributed by atoms with Gasteiger partial charge in [0.05, 0.1) is 18.9 Å². The molecule has 1 aromatic rings. The number of ether oxygens (including phenoxy) is 1. The molecule has 2 amide bonds. The monoisotopic (exact) mass is 452 g/mol. The number of nitrogens with one attached hydrogen (secondary N) is 1. The highest BCUT2D eigenvalue weighted by molar-refractivity contribution is 7.85. The minimum absolute atomic E-state index is 0.0199.